The Balaban J connectivity index is 2.67. The molecular formula is C11H14N2O3. The summed E-state index contributed by atoms with van der Waals surface area (Å²) in [6.45, 7) is 0.676. The predicted molar refractivity (Wildman–Crippen MR) is 60.6 cm³/mol. The van der Waals surface area contributed by atoms with Crippen molar-refractivity contribution in [1.29, 1.82) is 0 Å². The highest BCUT2D eigenvalue weighted by atomic mass is 16.6. The molecule has 1 rings (SSSR count). The summed E-state index contributed by atoms with van der Waals surface area (Å²) in [7, 11) is 3.78. The van der Waals surface area contributed by atoms with Gasteiger partial charge in [0.1, 0.15) is 0 Å². The number of nitrogens with zero attached hydrogens (tertiary/aromatic N) is 2. The number of hydrogen-bond donors (Lipinski definition) is 0. The Morgan fingerprint density at radius 1 is 1.31 bits per heavy atom. The fraction of sp³-hybridized carbons (Fsp3) is 0.364. The van der Waals surface area contributed by atoms with Gasteiger partial charge in [-0.3, -0.25) is 14.9 Å². The number of hydrogen-bond acceptors (Lipinski definition) is 4. The van der Waals surface area contributed by atoms with Gasteiger partial charge in [-0.15, -0.1) is 0 Å². The molecule has 1 aromatic carbocycles. The van der Waals surface area contributed by atoms with Crippen LogP contribution in [0.3, 0.4) is 0 Å². The number of nitro groups is 1. The fourth-order valence-corrected chi connectivity index (χ4v) is 1.24. The zero-order valence-electron chi connectivity index (χ0n) is 9.34. The number of nitro benzene ring substituents is 1. The first-order valence-corrected chi connectivity index (χ1v) is 4.93. The monoisotopic (exact) mass is 222 g/mol. The van der Waals surface area contributed by atoms with Crippen LogP contribution in [0.25, 0.3) is 0 Å². The fourth-order valence-electron chi connectivity index (χ4n) is 1.24. The van der Waals surface area contributed by atoms with Crippen LogP contribution in [0.4, 0.5) is 5.69 Å². The van der Waals surface area contributed by atoms with Crippen molar-refractivity contribution in [3.8, 4) is 0 Å². The first-order chi connectivity index (χ1) is 7.50. The smallest absolute Gasteiger partial charge is 0.269 e. The van der Waals surface area contributed by atoms with Gasteiger partial charge in [0, 0.05) is 30.7 Å². The molecule has 0 N–H and O–H groups in total. The maximum absolute atomic E-state index is 11.6. The molecule has 0 fully saturated rings. The molecule has 0 spiro atoms. The third-order valence-electron chi connectivity index (χ3n) is 2.19. The Bertz CT molecular complexity index is 385. The van der Waals surface area contributed by atoms with E-state index in [2.05, 4.69) is 0 Å². The van der Waals surface area contributed by atoms with Crippen molar-refractivity contribution in [1.82, 2.24) is 4.90 Å². The van der Waals surface area contributed by atoms with Gasteiger partial charge in [0.2, 0.25) is 0 Å². The minimum absolute atomic E-state index is 0.00333. The summed E-state index contributed by atoms with van der Waals surface area (Å²) in [4.78, 5) is 23.5. The Kier molecular flexibility index (Phi) is 4.13. The number of ketones is 1. The standard InChI is InChI=1S/C11H14N2O3/c1-12(2)8-7-11(14)9-3-5-10(6-4-9)13(15)16/h3-6H,7-8H2,1-2H3. The van der Waals surface area contributed by atoms with Gasteiger partial charge in [0.25, 0.3) is 5.69 Å². The molecule has 0 amide bonds. The van der Waals surface area contributed by atoms with E-state index in [0.29, 0.717) is 18.5 Å². The van der Waals surface area contributed by atoms with Crippen molar-refractivity contribution in [2.24, 2.45) is 0 Å². The van der Waals surface area contributed by atoms with Crippen molar-refractivity contribution in [3.05, 3.63) is 39.9 Å². The van der Waals surface area contributed by atoms with Crippen molar-refractivity contribution < 1.29 is 9.72 Å². The second kappa shape index (κ2) is 5.37. The molecule has 0 aliphatic rings. The molecule has 5 nitrogen and oxygen atoms in total. The highest BCUT2D eigenvalue weighted by molar-refractivity contribution is 5.96. The number of benzene rings is 1. The summed E-state index contributed by atoms with van der Waals surface area (Å²) in [5.74, 6) is 0.00333. The molecule has 0 unspecified atom stereocenters. The Hall–Kier alpha value is -1.75. The highest BCUT2D eigenvalue weighted by Gasteiger charge is 2.09. The second-order valence-corrected chi connectivity index (χ2v) is 3.78. The topological polar surface area (TPSA) is 63.5 Å². The number of rotatable bonds is 5. The molecular weight excluding hydrogens is 208 g/mol. The lowest BCUT2D eigenvalue weighted by Crippen LogP contribution is -2.16. The van der Waals surface area contributed by atoms with E-state index in [1.54, 1.807) is 0 Å². The lowest BCUT2D eigenvalue weighted by Gasteiger charge is -2.07. The van der Waals surface area contributed by atoms with Crippen molar-refractivity contribution in [3.63, 3.8) is 0 Å². The summed E-state index contributed by atoms with van der Waals surface area (Å²) in [6.07, 6.45) is 0.421. The number of Topliss-reactive ketones (excluding diaryl/α,β-unsaturated/α-hetero) is 1. The van der Waals surface area contributed by atoms with Crippen LogP contribution in [0.5, 0.6) is 0 Å². The van der Waals surface area contributed by atoms with Gasteiger partial charge in [-0.05, 0) is 26.2 Å². The third-order valence-corrected chi connectivity index (χ3v) is 2.19. The zero-order valence-corrected chi connectivity index (χ0v) is 9.34. The summed E-state index contributed by atoms with van der Waals surface area (Å²) < 4.78 is 0. The van der Waals surface area contributed by atoms with Gasteiger partial charge in [-0.1, -0.05) is 0 Å². The Morgan fingerprint density at radius 3 is 2.31 bits per heavy atom. The van der Waals surface area contributed by atoms with Crippen LogP contribution in [0, 0.1) is 10.1 Å². The quantitative estimate of drug-likeness (QED) is 0.432. The van der Waals surface area contributed by atoms with Gasteiger partial charge in [-0.25, -0.2) is 0 Å². The first kappa shape index (κ1) is 12.3. The lowest BCUT2D eigenvalue weighted by molar-refractivity contribution is -0.384. The van der Waals surface area contributed by atoms with Gasteiger partial charge in [0.15, 0.2) is 5.78 Å². The average Bonchev–Trinajstić information content (AvgIpc) is 2.26. The normalized spacial score (nSPS) is 10.4. The molecule has 0 aromatic heterocycles. The van der Waals surface area contributed by atoms with Gasteiger partial charge in [-0.2, -0.15) is 0 Å². The van der Waals surface area contributed by atoms with Gasteiger partial charge >= 0.3 is 0 Å². The van der Waals surface area contributed by atoms with Gasteiger partial charge in [0.05, 0.1) is 4.92 Å². The molecule has 1 aromatic rings. The van der Waals surface area contributed by atoms with Crippen LogP contribution in [0.15, 0.2) is 24.3 Å². The van der Waals surface area contributed by atoms with Crippen LogP contribution in [-0.4, -0.2) is 36.2 Å². The molecule has 0 saturated heterocycles. The van der Waals surface area contributed by atoms with E-state index in [0.717, 1.165) is 0 Å². The molecule has 5 heteroatoms. The van der Waals surface area contributed by atoms with Crippen LogP contribution >= 0.6 is 0 Å². The highest BCUT2D eigenvalue weighted by Crippen LogP contribution is 2.13. The molecule has 0 atom stereocenters. The van der Waals surface area contributed by atoms with E-state index in [1.165, 1.54) is 24.3 Å². The Morgan fingerprint density at radius 2 is 1.88 bits per heavy atom. The van der Waals surface area contributed by atoms with Crippen molar-refractivity contribution in [2.45, 2.75) is 6.42 Å². The zero-order chi connectivity index (χ0) is 12.1. The predicted octanol–water partition coefficient (Wildman–Crippen LogP) is 1.73. The molecule has 0 aliphatic heterocycles. The molecule has 0 radical (unpaired) electrons. The van der Waals surface area contributed by atoms with Gasteiger partial charge < -0.3 is 4.90 Å². The van der Waals surface area contributed by atoms with E-state index in [1.807, 2.05) is 19.0 Å². The van der Waals surface area contributed by atoms with E-state index in [-0.39, 0.29) is 11.5 Å². The lowest BCUT2D eigenvalue weighted by atomic mass is 10.1. The van der Waals surface area contributed by atoms with Crippen LogP contribution in [-0.2, 0) is 0 Å². The van der Waals surface area contributed by atoms with E-state index < -0.39 is 4.92 Å². The maximum atomic E-state index is 11.6. The number of carbonyl (C=O) groups is 1. The van der Waals surface area contributed by atoms with Crippen LogP contribution in [0.1, 0.15) is 16.8 Å². The summed E-state index contributed by atoms with van der Waals surface area (Å²) in [5.41, 5.74) is 0.525. The number of non-ortho nitro benzene ring substituents is 1. The third kappa shape index (κ3) is 3.43. The van der Waals surface area contributed by atoms with Crippen molar-refractivity contribution in [2.75, 3.05) is 20.6 Å². The Labute approximate surface area is 93.8 Å². The van der Waals surface area contributed by atoms with E-state index in [9.17, 15) is 14.9 Å². The second-order valence-electron chi connectivity index (χ2n) is 3.78. The first-order valence-electron chi connectivity index (χ1n) is 4.93. The summed E-state index contributed by atoms with van der Waals surface area (Å²) in [5, 5.41) is 10.4. The van der Waals surface area contributed by atoms with Crippen LogP contribution in [0.2, 0.25) is 0 Å². The maximum Gasteiger partial charge on any atom is 0.269 e. The largest absolute Gasteiger partial charge is 0.309 e. The molecule has 0 saturated carbocycles. The molecule has 0 aliphatic carbocycles. The SMILES string of the molecule is CN(C)CCC(=O)c1ccc([N+](=O)[O-])cc1. The van der Waals surface area contributed by atoms with E-state index in [4.69, 9.17) is 0 Å². The summed E-state index contributed by atoms with van der Waals surface area (Å²) >= 11 is 0. The molecule has 0 bridgehead atoms. The molecule has 0 heterocycles. The average molecular weight is 222 g/mol. The summed E-state index contributed by atoms with van der Waals surface area (Å²) in [6, 6.07) is 5.69. The molecule has 86 valence electrons. The minimum atomic E-state index is -0.478. The molecule has 16 heavy (non-hydrogen) atoms. The van der Waals surface area contributed by atoms with Crippen LogP contribution < -0.4 is 0 Å². The van der Waals surface area contributed by atoms with Crippen molar-refractivity contribution >= 4 is 11.5 Å². The number of carbonyl (C=O) groups excluding carboxylic acids is 1. The van der Waals surface area contributed by atoms with E-state index >= 15 is 0 Å². The minimum Gasteiger partial charge on any atom is -0.309 e.